The molecule has 1 saturated heterocycles. The van der Waals surface area contributed by atoms with Gasteiger partial charge in [0.05, 0.1) is 38.2 Å². The van der Waals surface area contributed by atoms with Gasteiger partial charge in [0.1, 0.15) is 0 Å². The summed E-state index contributed by atoms with van der Waals surface area (Å²) in [5, 5.41) is 7.43. The van der Waals surface area contributed by atoms with Gasteiger partial charge in [0.25, 0.3) is 0 Å². The Morgan fingerprint density at radius 1 is 1.26 bits per heavy atom. The number of ether oxygens (including phenoxy) is 2. The number of nitrogens with one attached hydrogen (secondary N) is 1. The van der Waals surface area contributed by atoms with Gasteiger partial charge in [-0.15, -0.1) is 0 Å². The minimum Gasteiger partial charge on any atom is -0.494 e. The highest BCUT2D eigenvalue weighted by molar-refractivity contribution is 5.96. The van der Waals surface area contributed by atoms with E-state index in [1.807, 2.05) is 10.9 Å². The Morgan fingerprint density at radius 3 is 2.68 bits per heavy atom. The highest BCUT2D eigenvalue weighted by Crippen LogP contribution is 2.25. The smallest absolute Gasteiger partial charge is 0.227 e. The first-order valence-electron chi connectivity index (χ1n) is 10.2. The lowest BCUT2D eigenvalue weighted by Gasteiger charge is -2.25. The molecule has 1 aromatic carbocycles. The molecule has 9 heteroatoms. The molecule has 3 heterocycles. The van der Waals surface area contributed by atoms with Crippen LogP contribution in [0.1, 0.15) is 40.9 Å². The summed E-state index contributed by atoms with van der Waals surface area (Å²) in [6.45, 7) is 3.13. The zero-order valence-electron chi connectivity index (χ0n) is 17.5. The van der Waals surface area contributed by atoms with Crippen molar-refractivity contribution < 1.29 is 18.7 Å². The fraction of sp³-hybridized carbons (Fsp3) is 0.364. The molecule has 1 aliphatic rings. The molecule has 0 amide bonds. The Bertz CT molecular complexity index is 1060. The molecule has 0 unspecified atom stereocenters. The van der Waals surface area contributed by atoms with E-state index >= 15 is 0 Å². The second-order valence-electron chi connectivity index (χ2n) is 7.37. The van der Waals surface area contributed by atoms with Gasteiger partial charge in [-0.2, -0.15) is 5.10 Å². The van der Waals surface area contributed by atoms with Gasteiger partial charge in [-0.05, 0) is 36.1 Å². The number of aromatic nitrogens is 4. The van der Waals surface area contributed by atoms with Crippen LogP contribution in [0.2, 0.25) is 0 Å². The number of hydrogen-bond acceptors (Lipinski definition) is 7. The second kappa shape index (κ2) is 9.22. The van der Waals surface area contributed by atoms with Crippen molar-refractivity contribution in [2.24, 2.45) is 0 Å². The van der Waals surface area contributed by atoms with Gasteiger partial charge in [-0.1, -0.05) is 6.92 Å². The minimum atomic E-state index is -0.441. The molecule has 1 N–H and O–H groups in total. The van der Waals surface area contributed by atoms with E-state index < -0.39 is 5.82 Å². The van der Waals surface area contributed by atoms with Crippen LogP contribution in [0, 0.1) is 5.82 Å². The second-order valence-corrected chi connectivity index (χ2v) is 7.37. The number of methoxy groups -OCH3 is 1. The summed E-state index contributed by atoms with van der Waals surface area (Å²) >= 11 is 0. The number of carbonyl (C=O) groups excluding carboxylic acids is 1. The summed E-state index contributed by atoms with van der Waals surface area (Å²) in [5.74, 6) is 0.0466. The van der Waals surface area contributed by atoms with Crippen molar-refractivity contribution in [2.45, 2.75) is 32.2 Å². The maximum atomic E-state index is 14.6. The molecule has 0 radical (unpaired) electrons. The lowest BCUT2D eigenvalue weighted by Crippen LogP contribution is -2.30. The molecular weight excluding hydrogens is 401 g/mol. The summed E-state index contributed by atoms with van der Waals surface area (Å²) < 4.78 is 26.8. The van der Waals surface area contributed by atoms with Gasteiger partial charge in [-0.3, -0.25) is 9.48 Å². The first-order chi connectivity index (χ1) is 15.1. The number of ketones is 1. The molecule has 3 aromatic rings. The van der Waals surface area contributed by atoms with Crippen LogP contribution < -0.4 is 10.1 Å². The first-order valence-corrected chi connectivity index (χ1v) is 10.2. The molecule has 2 aromatic heterocycles. The lowest BCUT2D eigenvalue weighted by atomic mass is 10.00. The lowest BCUT2D eigenvalue weighted by molar-refractivity contribution is -0.0286. The third-order valence-electron chi connectivity index (χ3n) is 5.22. The molecule has 31 heavy (non-hydrogen) atoms. The van der Waals surface area contributed by atoms with E-state index in [9.17, 15) is 9.18 Å². The highest BCUT2D eigenvalue weighted by Gasteiger charge is 2.21. The molecule has 0 bridgehead atoms. The third kappa shape index (κ3) is 4.72. The molecule has 1 fully saturated rings. The summed E-state index contributed by atoms with van der Waals surface area (Å²) in [6, 6.07) is 3.34. The van der Waals surface area contributed by atoms with Crippen LogP contribution in [0.4, 0.5) is 16.0 Å². The third-order valence-corrected chi connectivity index (χ3v) is 5.22. The normalized spacial score (nSPS) is 13.6. The number of halogens is 1. The van der Waals surface area contributed by atoms with Gasteiger partial charge < -0.3 is 14.8 Å². The van der Waals surface area contributed by atoms with Crippen molar-refractivity contribution in [1.29, 1.82) is 0 Å². The maximum absolute atomic E-state index is 14.6. The fourth-order valence-corrected chi connectivity index (χ4v) is 3.29. The van der Waals surface area contributed by atoms with E-state index in [0.29, 0.717) is 49.6 Å². The molecule has 0 aliphatic carbocycles. The van der Waals surface area contributed by atoms with E-state index in [-0.39, 0.29) is 17.6 Å². The number of Topliss-reactive ketones (excluding diaryl/α,β-unsaturated/α-hetero) is 1. The quantitative estimate of drug-likeness (QED) is 0.525. The zero-order chi connectivity index (χ0) is 21.8. The number of hydrogen-bond donors (Lipinski definition) is 1. The van der Waals surface area contributed by atoms with E-state index in [0.717, 1.165) is 11.3 Å². The predicted molar refractivity (Wildman–Crippen MR) is 112 cm³/mol. The Morgan fingerprint density at radius 2 is 2.03 bits per heavy atom. The summed E-state index contributed by atoms with van der Waals surface area (Å²) in [6.07, 6.45) is 8.31. The van der Waals surface area contributed by atoms with E-state index in [1.165, 1.54) is 13.2 Å². The van der Waals surface area contributed by atoms with Crippen molar-refractivity contribution >= 4 is 17.4 Å². The van der Waals surface area contributed by atoms with Crippen molar-refractivity contribution in [3.05, 3.63) is 59.4 Å². The molecule has 0 saturated carbocycles. The Balaban J connectivity index is 1.40. The maximum Gasteiger partial charge on any atom is 0.227 e. The van der Waals surface area contributed by atoms with Crippen LogP contribution in [-0.4, -0.2) is 45.9 Å². The minimum absolute atomic E-state index is 0.0496. The zero-order valence-corrected chi connectivity index (χ0v) is 17.5. The number of rotatable bonds is 9. The van der Waals surface area contributed by atoms with Crippen LogP contribution in [0.5, 0.6) is 5.75 Å². The van der Waals surface area contributed by atoms with Crippen LogP contribution in [-0.2, 0) is 17.6 Å². The SMILES string of the molecule is CCC(=O)c1cc(CCc2cnc(Nc3cnn(C4COC4)c3)nc2)c(F)c(OC)c1. The van der Waals surface area contributed by atoms with Crippen LogP contribution in [0.25, 0.3) is 0 Å². The first kappa shape index (κ1) is 20.9. The molecule has 4 rings (SSSR count). The van der Waals surface area contributed by atoms with Crippen LogP contribution >= 0.6 is 0 Å². The predicted octanol–water partition coefficient (Wildman–Crippen LogP) is 3.51. The van der Waals surface area contributed by atoms with Gasteiger partial charge in [0.15, 0.2) is 17.3 Å². The summed E-state index contributed by atoms with van der Waals surface area (Å²) in [5.41, 5.74) is 2.55. The summed E-state index contributed by atoms with van der Waals surface area (Å²) in [4.78, 5) is 20.7. The number of benzene rings is 1. The van der Waals surface area contributed by atoms with Gasteiger partial charge >= 0.3 is 0 Å². The molecule has 0 atom stereocenters. The standard InChI is InChI=1S/C22H24FN5O3/c1-3-19(29)16-6-15(21(23)20(7-16)30-2)5-4-14-8-24-22(25-9-14)27-17-10-26-28(11-17)18-12-31-13-18/h6-11,18H,3-5,12-13H2,1-2H3,(H,24,25,27). The molecule has 8 nitrogen and oxygen atoms in total. The molecule has 0 spiro atoms. The van der Waals surface area contributed by atoms with Crippen molar-refractivity contribution in [1.82, 2.24) is 19.7 Å². The average Bonchev–Trinajstić information content (AvgIpc) is 3.19. The van der Waals surface area contributed by atoms with Crippen LogP contribution in [0.3, 0.4) is 0 Å². The molecule has 162 valence electrons. The number of anilines is 2. The average molecular weight is 425 g/mol. The van der Waals surface area contributed by atoms with Crippen molar-refractivity contribution in [3.63, 3.8) is 0 Å². The van der Waals surface area contributed by atoms with E-state index in [2.05, 4.69) is 20.4 Å². The van der Waals surface area contributed by atoms with E-state index in [1.54, 1.807) is 31.6 Å². The fourth-order valence-electron chi connectivity index (χ4n) is 3.29. The summed E-state index contributed by atoms with van der Waals surface area (Å²) in [7, 11) is 1.39. The largest absolute Gasteiger partial charge is 0.494 e. The van der Waals surface area contributed by atoms with E-state index in [4.69, 9.17) is 9.47 Å². The molecule has 1 aliphatic heterocycles. The van der Waals surface area contributed by atoms with Crippen molar-refractivity contribution in [3.8, 4) is 5.75 Å². The topological polar surface area (TPSA) is 91.2 Å². The Hall–Kier alpha value is -3.33. The van der Waals surface area contributed by atoms with Crippen LogP contribution in [0.15, 0.2) is 36.9 Å². The molecular formula is C22H24FN5O3. The monoisotopic (exact) mass is 425 g/mol. The van der Waals surface area contributed by atoms with Crippen molar-refractivity contribution in [2.75, 3.05) is 25.6 Å². The van der Waals surface area contributed by atoms with Gasteiger partial charge in [-0.25, -0.2) is 14.4 Å². The Kier molecular flexibility index (Phi) is 6.22. The Labute approximate surface area is 179 Å². The number of nitrogens with zero attached hydrogens (tertiary/aromatic N) is 4. The number of aryl methyl sites for hydroxylation is 2. The van der Waals surface area contributed by atoms with Gasteiger partial charge in [0.2, 0.25) is 5.95 Å². The highest BCUT2D eigenvalue weighted by atomic mass is 19.1. The number of carbonyl (C=O) groups is 1. The van der Waals surface area contributed by atoms with Gasteiger partial charge in [0, 0.05) is 30.6 Å².